The summed E-state index contributed by atoms with van der Waals surface area (Å²) in [5.74, 6) is 2.34. The van der Waals surface area contributed by atoms with Crippen molar-refractivity contribution in [1.29, 1.82) is 0 Å². The summed E-state index contributed by atoms with van der Waals surface area (Å²) >= 11 is 0. The molecule has 0 radical (unpaired) electrons. The van der Waals surface area contributed by atoms with E-state index in [1.807, 2.05) is 12.1 Å². The number of anilines is 1. The summed E-state index contributed by atoms with van der Waals surface area (Å²) in [5.41, 5.74) is 1.16. The van der Waals surface area contributed by atoms with Gasteiger partial charge in [0.1, 0.15) is 5.75 Å². The molecule has 3 rings (SSSR count). The Labute approximate surface area is 139 Å². The molecule has 1 heterocycles. The minimum absolute atomic E-state index is 0.243. The van der Waals surface area contributed by atoms with E-state index in [9.17, 15) is 4.79 Å². The first-order chi connectivity index (χ1) is 11.3. The van der Waals surface area contributed by atoms with Crippen molar-refractivity contribution in [3.8, 4) is 5.75 Å². The molecule has 4 heteroatoms. The third-order valence-electron chi connectivity index (χ3n) is 5.25. The van der Waals surface area contributed by atoms with Crippen molar-refractivity contribution in [3.63, 3.8) is 0 Å². The van der Waals surface area contributed by atoms with E-state index in [0.717, 1.165) is 43.9 Å². The van der Waals surface area contributed by atoms with Crippen LogP contribution in [0.15, 0.2) is 24.3 Å². The lowest BCUT2D eigenvalue weighted by Crippen LogP contribution is -2.31. The molecule has 0 bridgehead atoms. The van der Waals surface area contributed by atoms with Gasteiger partial charge in [0, 0.05) is 26.1 Å². The van der Waals surface area contributed by atoms with Crippen LogP contribution in [0.25, 0.3) is 0 Å². The van der Waals surface area contributed by atoms with E-state index < -0.39 is 0 Å². The Bertz CT molecular complexity index is 526. The van der Waals surface area contributed by atoms with Crippen LogP contribution in [-0.2, 0) is 4.79 Å². The third kappa shape index (κ3) is 4.18. The number of methoxy groups -OCH3 is 1. The highest BCUT2D eigenvalue weighted by molar-refractivity contribution is 5.76. The molecule has 1 aliphatic carbocycles. The number of amides is 1. The number of para-hydroxylation sites is 2. The Morgan fingerprint density at radius 3 is 2.78 bits per heavy atom. The highest BCUT2D eigenvalue weighted by Gasteiger charge is 2.25. The van der Waals surface area contributed by atoms with E-state index in [0.29, 0.717) is 11.8 Å². The molecule has 2 fully saturated rings. The van der Waals surface area contributed by atoms with E-state index in [4.69, 9.17) is 4.74 Å². The predicted octanol–water partition coefficient (Wildman–Crippen LogP) is 3.22. The first kappa shape index (κ1) is 16.2. The minimum Gasteiger partial charge on any atom is -0.495 e. The SMILES string of the molecule is COc1ccccc1N1CC[C@H](CNC(=O)CC2CCCC2)C1. The maximum atomic E-state index is 12.1. The van der Waals surface area contributed by atoms with Gasteiger partial charge in [-0.1, -0.05) is 25.0 Å². The van der Waals surface area contributed by atoms with Gasteiger partial charge in [-0.2, -0.15) is 0 Å². The van der Waals surface area contributed by atoms with Crippen LogP contribution < -0.4 is 15.0 Å². The van der Waals surface area contributed by atoms with Crippen molar-refractivity contribution in [3.05, 3.63) is 24.3 Å². The van der Waals surface area contributed by atoms with Crippen molar-refractivity contribution in [2.75, 3.05) is 31.6 Å². The van der Waals surface area contributed by atoms with E-state index >= 15 is 0 Å². The fourth-order valence-corrected chi connectivity index (χ4v) is 3.92. The van der Waals surface area contributed by atoms with Crippen molar-refractivity contribution >= 4 is 11.6 Å². The number of nitrogens with one attached hydrogen (secondary N) is 1. The Kier molecular flexibility index (Phi) is 5.42. The second kappa shape index (κ2) is 7.71. The topological polar surface area (TPSA) is 41.6 Å². The lowest BCUT2D eigenvalue weighted by molar-refractivity contribution is -0.122. The number of rotatable bonds is 6. The number of carbonyl (C=O) groups is 1. The molecule has 1 saturated heterocycles. The molecule has 1 aliphatic heterocycles. The molecule has 126 valence electrons. The fraction of sp³-hybridized carbons (Fsp3) is 0.632. The number of nitrogens with zero attached hydrogens (tertiary/aromatic N) is 1. The zero-order valence-electron chi connectivity index (χ0n) is 14.1. The molecular formula is C19H28N2O2. The summed E-state index contributed by atoms with van der Waals surface area (Å²) in [6.07, 6.45) is 6.92. The van der Waals surface area contributed by atoms with E-state index in [1.54, 1.807) is 7.11 Å². The third-order valence-corrected chi connectivity index (χ3v) is 5.25. The van der Waals surface area contributed by atoms with E-state index in [-0.39, 0.29) is 5.91 Å². The van der Waals surface area contributed by atoms with Crippen LogP contribution in [0.4, 0.5) is 5.69 Å². The van der Waals surface area contributed by atoms with Gasteiger partial charge in [0.15, 0.2) is 0 Å². The van der Waals surface area contributed by atoms with Crippen LogP contribution in [0.1, 0.15) is 38.5 Å². The molecule has 1 N–H and O–H groups in total. The van der Waals surface area contributed by atoms with Crippen molar-refractivity contribution in [2.45, 2.75) is 38.5 Å². The Balaban J connectivity index is 1.45. The molecule has 0 unspecified atom stereocenters. The fourth-order valence-electron chi connectivity index (χ4n) is 3.92. The Morgan fingerprint density at radius 2 is 2.00 bits per heavy atom. The first-order valence-corrected chi connectivity index (χ1v) is 8.91. The summed E-state index contributed by atoms with van der Waals surface area (Å²) in [7, 11) is 1.72. The van der Waals surface area contributed by atoms with E-state index in [2.05, 4.69) is 22.3 Å². The molecule has 1 aromatic rings. The lowest BCUT2D eigenvalue weighted by Gasteiger charge is -2.21. The molecule has 4 nitrogen and oxygen atoms in total. The normalized spacial score (nSPS) is 21.6. The van der Waals surface area contributed by atoms with Crippen LogP contribution in [0.5, 0.6) is 5.75 Å². The van der Waals surface area contributed by atoms with Crippen LogP contribution in [0, 0.1) is 11.8 Å². The molecule has 0 aromatic heterocycles. The standard InChI is InChI=1S/C19H28N2O2/c1-23-18-9-5-4-8-17(18)21-11-10-16(14-21)13-20-19(22)12-15-6-2-3-7-15/h4-5,8-9,15-16H,2-3,6-7,10-14H2,1H3,(H,20,22)/t16-/m1/s1. The van der Waals surface area contributed by atoms with Crippen molar-refractivity contribution in [1.82, 2.24) is 5.32 Å². The maximum Gasteiger partial charge on any atom is 0.220 e. The number of carbonyl (C=O) groups excluding carboxylic acids is 1. The Morgan fingerprint density at radius 1 is 1.22 bits per heavy atom. The molecular weight excluding hydrogens is 288 g/mol. The molecule has 0 spiro atoms. The summed E-state index contributed by atoms with van der Waals surface area (Å²) < 4.78 is 5.45. The monoisotopic (exact) mass is 316 g/mol. The van der Waals surface area contributed by atoms with Gasteiger partial charge in [-0.25, -0.2) is 0 Å². The predicted molar refractivity (Wildman–Crippen MR) is 92.9 cm³/mol. The maximum absolute atomic E-state index is 12.1. The van der Waals surface area contributed by atoms with Crippen LogP contribution in [-0.4, -0.2) is 32.7 Å². The number of ether oxygens (including phenoxy) is 1. The van der Waals surface area contributed by atoms with Gasteiger partial charge < -0.3 is 15.0 Å². The van der Waals surface area contributed by atoms with Gasteiger partial charge in [-0.3, -0.25) is 4.79 Å². The minimum atomic E-state index is 0.243. The van der Waals surface area contributed by atoms with Gasteiger partial charge in [0.2, 0.25) is 5.91 Å². The van der Waals surface area contributed by atoms with E-state index in [1.165, 1.54) is 25.7 Å². The highest BCUT2D eigenvalue weighted by Crippen LogP contribution is 2.32. The van der Waals surface area contributed by atoms with Crippen molar-refractivity contribution < 1.29 is 9.53 Å². The molecule has 1 amide bonds. The quantitative estimate of drug-likeness (QED) is 0.876. The number of hydrogen-bond donors (Lipinski definition) is 1. The first-order valence-electron chi connectivity index (χ1n) is 8.91. The zero-order chi connectivity index (χ0) is 16.1. The van der Waals surface area contributed by atoms with Gasteiger partial charge >= 0.3 is 0 Å². The molecule has 1 saturated carbocycles. The average molecular weight is 316 g/mol. The van der Waals surface area contributed by atoms with Crippen LogP contribution >= 0.6 is 0 Å². The van der Waals surface area contributed by atoms with Gasteiger partial charge in [-0.15, -0.1) is 0 Å². The Hall–Kier alpha value is -1.71. The summed E-state index contributed by atoms with van der Waals surface area (Å²) in [6.45, 7) is 2.82. The largest absolute Gasteiger partial charge is 0.495 e. The van der Waals surface area contributed by atoms with Crippen LogP contribution in [0.2, 0.25) is 0 Å². The number of hydrogen-bond acceptors (Lipinski definition) is 3. The van der Waals surface area contributed by atoms with Gasteiger partial charge in [-0.05, 0) is 43.2 Å². The molecule has 2 aliphatic rings. The second-order valence-electron chi connectivity index (χ2n) is 6.93. The second-order valence-corrected chi connectivity index (χ2v) is 6.93. The number of benzene rings is 1. The highest BCUT2D eigenvalue weighted by atomic mass is 16.5. The van der Waals surface area contributed by atoms with Gasteiger partial charge in [0.05, 0.1) is 12.8 Å². The molecule has 1 aromatic carbocycles. The summed E-state index contributed by atoms with van der Waals surface area (Å²) in [4.78, 5) is 14.4. The average Bonchev–Trinajstić information content (AvgIpc) is 3.24. The van der Waals surface area contributed by atoms with Gasteiger partial charge in [0.25, 0.3) is 0 Å². The van der Waals surface area contributed by atoms with Crippen LogP contribution in [0.3, 0.4) is 0 Å². The summed E-state index contributed by atoms with van der Waals surface area (Å²) in [5, 5.41) is 3.16. The summed E-state index contributed by atoms with van der Waals surface area (Å²) in [6, 6.07) is 8.17. The molecule has 23 heavy (non-hydrogen) atoms. The lowest BCUT2D eigenvalue weighted by atomic mass is 10.0. The van der Waals surface area contributed by atoms with Crippen molar-refractivity contribution in [2.24, 2.45) is 11.8 Å². The smallest absolute Gasteiger partial charge is 0.220 e. The molecule has 1 atom stereocenters. The zero-order valence-corrected chi connectivity index (χ0v) is 14.1.